The normalized spacial score (nSPS) is 17.6. The van der Waals surface area contributed by atoms with Gasteiger partial charge in [-0.3, -0.25) is 0 Å². The van der Waals surface area contributed by atoms with Crippen LogP contribution in [0.2, 0.25) is 0 Å². The Kier molecular flexibility index (Phi) is 4.81. The highest BCUT2D eigenvalue weighted by Gasteiger charge is 2.35. The average molecular weight is 344 g/mol. The topological polar surface area (TPSA) is 53.7 Å². The van der Waals surface area contributed by atoms with Gasteiger partial charge in [-0.05, 0) is 34.8 Å². The molecule has 0 saturated heterocycles. The van der Waals surface area contributed by atoms with Gasteiger partial charge in [-0.1, -0.05) is 19.3 Å². The van der Waals surface area contributed by atoms with Gasteiger partial charge in [0.2, 0.25) is 0 Å². The van der Waals surface area contributed by atoms with Gasteiger partial charge >= 0.3 is 0 Å². The predicted molar refractivity (Wildman–Crippen MR) is 82.7 cm³/mol. The third kappa shape index (κ3) is 2.61. The first kappa shape index (κ1) is 15.4. The molecule has 0 aliphatic heterocycles. The zero-order chi connectivity index (χ0) is 14.8. The van der Waals surface area contributed by atoms with E-state index in [1.165, 1.54) is 6.42 Å². The summed E-state index contributed by atoms with van der Waals surface area (Å²) in [5.74, 6) is 2.05. The summed E-state index contributed by atoms with van der Waals surface area (Å²) >= 11 is 3.55. The lowest BCUT2D eigenvalue weighted by atomic mass is 9.77. The fraction of sp³-hybridized carbons (Fsp3) is 0.600. The number of ether oxygens (including phenoxy) is 3. The Morgan fingerprint density at radius 2 is 1.60 bits per heavy atom. The minimum Gasteiger partial charge on any atom is -0.495 e. The molecule has 0 heterocycles. The van der Waals surface area contributed by atoms with Gasteiger partial charge in [0.15, 0.2) is 11.5 Å². The first-order chi connectivity index (χ1) is 9.57. The number of hydrogen-bond acceptors (Lipinski definition) is 4. The molecule has 1 aromatic rings. The standard InChI is InChI=1S/C15H22BrNO3/c1-18-11-9-10(15(17)7-5-4-6-8-15)13(19-2)12(16)14(11)20-3/h9H,4-8,17H2,1-3H3. The Morgan fingerprint density at radius 3 is 2.10 bits per heavy atom. The molecule has 0 amide bonds. The van der Waals surface area contributed by atoms with Crippen LogP contribution in [0, 0.1) is 0 Å². The smallest absolute Gasteiger partial charge is 0.178 e. The lowest BCUT2D eigenvalue weighted by molar-refractivity contribution is 0.283. The van der Waals surface area contributed by atoms with E-state index in [9.17, 15) is 0 Å². The Hall–Kier alpha value is -0.940. The molecule has 1 saturated carbocycles. The van der Waals surface area contributed by atoms with Crippen LogP contribution in [0.1, 0.15) is 37.7 Å². The Morgan fingerprint density at radius 1 is 1.00 bits per heavy atom. The summed E-state index contributed by atoms with van der Waals surface area (Å²) in [6.07, 6.45) is 5.46. The molecule has 0 unspecified atom stereocenters. The summed E-state index contributed by atoms with van der Waals surface area (Å²) < 4.78 is 17.1. The van der Waals surface area contributed by atoms with Crippen molar-refractivity contribution in [1.82, 2.24) is 0 Å². The van der Waals surface area contributed by atoms with E-state index in [1.54, 1.807) is 21.3 Å². The Balaban J connectivity index is 2.59. The molecule has 1 fully saturated rings. The fourth-order valence-electron chi connectivity index (χ4n) is 2.95. The van der Waals surface area contributed by atoms with E-state index in [1.807, 2.05) is 6.07 Å². The van der Waals surface area contributed by atoms with Crippen LogP contribution in [-0.2, 0) is 5.54 Å². The molecule has 1 aliphatic carbocycles. The molecule has 0 spiro atoms. The maximum atomic E-state index is 6.64. The molecule has 4 nitrogen and oxygen atoms in total. The number of hydrogen-bond donors (Lipinski definition) is 1. The molecule has 0 radical (unpaired) electrons. The number of nitrogens with two attached hydrogens (primary N) is 1. The van der Waals surface area contributed by atoms with Crippen molar-refractivity contribution in [2.24, 2.45) is 5.73 Å². The SMILES string of the molecule is COc1cc(C2(N)CCCCC2)c(OC)c(Br)c1OC. The number of methoxy groups -OCH3 is 3. The monoisotopic (exact) mass is 343 g/mol. The van der Waals surface area contributed by atoms with Crippen molar-refractivity contribution >= 4 is 15.9 Å². The second-order valence-corrected chi connectivity index (χ2v) is 6.02. The first-order valence-corrected chi connectivity index (χ1v) is 7.64. The van der Waals surface area contributed by atoms with Gasteiger partial charge in [0.1, 0.15) is 10.2 Å². The number of benzene rings is 1. The summed E-state index contributed by atoms with van der Waals surface area (Å²) in [6, 6.07) is 1.95. The average Bonchev–Trinajstić information content (AvgIpc) is 2.46. The van der Waals surface area contributed by atoms with Crippen LogP contribution in [0.25, 0.3) is 0 Å². The molecule has 20 heavy (non-hydrogen) atoms. The fourth-order valence-corrected chi connectivity index (χ4v) is 3.69. The highest BCUT2D eigenvalue weighted by Crippen LogP contribution is 2.49. The summed E-state index contributed by atoms with van der Waals surface area (Å²) in [5.41, 5.74) is 7.28. The molecule has 0 bridgehead atoms. The minimum atomic E-state index is -0.355. The molecule has 2 N–H and O–H groups in total. The maximum Gasteiger partial charge on any atom is 0.178 e. The van der Waals surface area contributed by atoms with Gasteiger partial charge in [0, 0.05) is 11.1 Å². The van der Waals surface area contributed by atoms with Gasteiger partial charge in [-0.25, -0.2) is 0 Å². The van der Waals surface area contributed by atoms with Crippen molar-refractivity contribution in [3.05, 3.63) is 16.1 Å². The minimum absolute atomic E-state index is 0.355. The van der Waals surface area contributed by atoms with Gasteiger partial charge in [-0.15, -0.1) is 0 Å². The highest BCUT2D eigenvalue weighted by atomic mass is 79.9. The Bertz CT molecular complexity index is 484. The van der Waals surface area contributed by atoms with Crippen LogP contribution >= 0.6 is 15.9 Å². The molecule has 0 aromatic heterocycles. The molecule has 1 aromatic carbocycles. The van der Waals surface area contributed by atoms with Crippen molar-refractivity contribution < 1.29 is 14.2 Å². The summed E-state index contributed by atoms with van der Waals surface area (Å²) in [5, 5.41) is 0. The van der Waals surface area contributed by atoms with Crippen molar-refractivity contribution in [1.29, 1.82) is 0 Å². The second-order valence-electron chi connectivity index (χ2n) is 5.22. The predicted octanol–water partition coefficient (Wildman–Crippen LogP) is 3.59. The molecular weight excluding hydrogens is 322 g/mol. The third-order valence-electron chi connectivity index (χ3n) is 4.05. The quantitative estimate of drug-likeness (QED) is 0.907. The van der Waals surface area contributed by atoms with Gasteiger partial charge in [0.05, 0.1) is 21.3 Å². The first-order valence-electron chi connectivity index (χ1n) is 6.85. The van der Waals surface area contributed by atoms with Gasteiger partial charge in [0.25, 0.3) is 0 Å². The van der Waals surface area contributed by atoms with E-state index in [-0.39, 0.29) is 5.54 Å². The third-order valence-corrected chi connectivity index (χ3v) is 4.77. The van der Waals surface area contributed by atoms with Gasteiger partial charge < -0.3 is 19.9 Å². The van der Waals surface area contributed by atoms with Crippen molar-refractivity contribution in [2.75, 3.05) is 21.3 Å². The van der Waals surface area contributed by atoms with Crippen molar-refractivity contribution in [3.8, 4) is 17.2 Å². The molecule has 5 heteroatoms. The van der Waals surface area contributed by atoms with Crippen molar-refractivity contribution in [3.63, 3.8) is 0 Å². The number of halogens is 1. The highest BCUT2D eigenvalue weighted by molar-refractivity contribution is 9.10. The molecule has 0 atom stereocenters. The molecule has 112 valence electrons. The van der Waals surface area contributed by atoms with Crippen LogP contribution < -0.4 is 19.9 Å². The van der Waals surface area contributed by atoms with E-state index in [4.69, 9.17) is 19.9 Å². The van der Waals surface area contributed by atoms with E-state index < -0.39 is 0 Å². The molecular formula is C15H22BrNO3. The van der Waals surface area contributed by atoms with Crippen LogP contribution in [-0.4, -0.2) is 21.3 Å². The summed E-state index contributed by atoms with van der Waals surface area (Å²) in [4.78, 5) is 0. The summed E-state index contributed by atoms with van der Waals surface area (Å²) in [7, 11) is 4.90. The number of rotatable bonds is 4. The van der Waals surface area contributed by atoms with E-state index >= 15 is 0 Å². The molecule has 1 aliphatic rings. The zero-order valence-corrected chi connectivity index (χ0v) is 13.9. The van der Waals surface area contributed by atoms with Gasteiger partial charge in [-0.2, -0.15) is 0 Å². The van der Waals surface area contributed by atoms with E-state index in [0.29, 0.717) is 11.5 Å². The molecule has 2 rings (SSSR count). The largest absolute Gasteiger partial charge is 0.495 e. The van der Waals surface area contributed by atoms with E-state index in [2.05, 4.69) is 15.9 Å². The van der Waals surface area contributed by atoms with Crippen molar-refractivity contribution in [2.45, 2.75) is 37.6 Å². The van der Waals surface area contributed by atoms with Crippen LogP contribution in [0.15, 0.2) is 10.5 Å². The lowest BCUT2D eigenvalue weighted by Gasteiger charge is -2.35. The zero-order valence-electron chi connectivity index (χ0n) is 12.3. The Labute approximate surface area is 128 Å². The van der Waals surface area contributed by atoms with Crippen LogP contribution in [0.4, 0.5) is 0 Å². The summed E-state index contributed by atoms with van der Waals surface area (Å²) in [6.45, 7) is 0. The lowest BCUT2D eigenvalue weighted by Crippen LogP contribution is -2.39. The van der Waals surface area contributed by atoms with Crippen LogP contribution in [0.3, 0.4) is 0 Å². The van der Waals surface area contributed by atoms with E-state index in [0.717, 1.165) is 41.5 Å². The maximum absolute atomic E-state index is 6.64. The van der Waals surface area contributed by atoms with Crippen LogP contribution in [0.5, 0.6) is 17.2 Å². The second kappa shape index (κ2) is 6.22.